The van der Waals surface area contributed by atoms with Gasteiger partial charge in [-0.05, 0) is 50.6 Å². The third-order valence-electron chi connectivity index (χ3n) is 4.17. The summed E-state index contributed by atoms with van der Waals surface area (Å²) in [7, 11) is 0. The van der Waals surface area contributed by atoms with Crippen molar-refractivity contribution in [2.75, 3.05) is 13.1 Å². The van der Waals surface area contributed by atoms with Gasteiger partial charge in [-0.1, -0.05) is 12.1 Å². The maximum absolute atomic E-state index is 12.8. The van der Waals surface area contributed by atoms with Crippen LogP contribution in [0.15, 0.2) is 42.6 Å². The Hall–Kier alpha value is -2.40. The number of amides is 1. The van der Waals surface area contributed by atoms with E-state index < -0.39 is 0 Å². The summed E-state index contributed by atoms with van der Waals surface area (Å²) in [5.41, 5.74) is 2.60. The largest absolute Gasteiger partial charge is 0.487 e. The fraction of sp³-hybridized carbons (Fsp3) is 0.400. The van der Waals surface area contributed by atoms with Gasteiger partial charge in [0.25, 0.3) is 5.91 Å². The number of benzene rings is 1. The molecular formula is C20H24N2O3. The van der Waals surface area contributed by atoms with Crippen molar-refractivity contribution in [3.63, 3.8) is 0 Å². The number of carbonyl (C=O) groups excluding carboxylic acids is 1. The van der Waals surface area contributed by atoms with Crippen LogP contribution in [0.3, 0.4) is 0 Å². The van der Waals surface area contributed by atoms with E-state index in [4.69, 9.17) is 9.47 Å². The Balaban J connectivity index is 1.66. The maximum Gasteiger partial charge on any atom is 0.254 e. The first-order valence-electron chi connectivity index (χ1n) is 8.60. The standard InChI is InChI=1S/C20H24N2O3/c1-14-7-8-19(10-21-14)24-13-17-5-4-6-18(9-17)20(23)22-11-15(2)25-16(3)12-22/h4-10,15-16H,11-13H2,1-3H3. The fourth-order valence-electron chi connectivity index (χ4n) is 3.03. The van der Waals surface area contributed by atoms with E-state index in [1.807, 2.05) is 62.1 Å². The minimum absolute atomic E-state index is 0.0425. The van der Waals surface area contributed by atoms with Crippen LogP contribution in [-0.2, 0) is 11.3 Å². The molecule has 3 rings (SSSR count). The highest BCUT2D eigenvalue weighted by molar-refractivity contribution is 5.94. The molecule has 0 radical (unpaired) electrons. The summed E-state index contributed by atoms with van der Waals surface area (Å²) in [4.78, 5) is 18.9. The van der Waals surface area contributed by atoms with Crippen molar-refractivity contribution in [2.24, 2.45) is 0 Å². The van der Waals surface area contributed by atoms with Gasteiger partial charge in [0.2, 0.25) is 0 Å². The molecule has 1 fully saturated rings. The third-order valence-corrected chi connectivity index (χ3v) is 4.17. The molecule has 2 unspecified atom stereocenters. The van der Waals surface area contributed by atoms with E-state index in [0.29, 0.717) is 25.3 Å². The number of rotatable bonds is 4. The fourth-order valence-corrected chi connectivity index (χ4v) is 3.03. The molecule has 2 heterocycles. The summed E-state index contributed by atoms with van der Waals surface area (Å²) in [5.74, 6) is 0.763. The topological polar surface area (TPSA) is 51.7 Å². The zero-order valence-electron chi connectivity index (χ0n) is 14.9. The zero-order chi connectivity index (χ0) is 17.8. The average Bonchev–Trinajstić information content (AvgIpc) is 2.60. The number of aryl methyl sites for hydroxylation is 1. The molecule has 25 heavy (non-hydrogen) atoms. The van der Waals surface area contributed by atoms with Gasteiger partial charge in [-0.3, -0.25) is 9.78 Å². The highest BCUT2D eigenvalue weighted by Crippen LogP contribution is 2.17. The van der Waals surface area contributed by atoms with Crippen LogP contribution < -0.4 is 4.74 Å². The minimum atomic E-state index is 0.0425. The van der Waals surface area contributed by atoms with Crippen LogP contribution in [0.5, 0.6) is 5.75 Å². The lowest BCUT2D eigenvalue weighted by molar-refractivity contribution is -0.0586. The molecule has 0 saturated carbocycles. The molecule has 5 heteroatoms. The van der Waals surface area contributed by atoms with E-state index in [1.165, 1.54) is 0 Å². The Labute approximate surface area is 148 Å². The zero-order valence-corrected chi connectivity index (χ0v) is 14.9. The molecular weight excluding hydrogens is 316 g/mol. The number of aromatic nitrogens is 1. The molecule has 5 nitrogen and oxygen atoms in total. The molecule has 1 amide bonds. The first-order valence-corrected chi connectivity index (χ1v) is 8.60. The smallest absolute Gasteiger partial charge is 0.254 e. The molecule has 2 atom stereocenters. The second kappa shape index (κ2) is 7.66. The van der Waals surface area contributed by atoms with E-state index in [0.717, 1.165) is 17.0 Å². The molecule has 1 aliphatic heterocycles. The monoisotopic (exact) mass is 340 g/mol. The van der Waals surface area contributed by atoms with Crippen molar-refractivity contribution in [2.45, 2.75) is 39.6 Å². The van der Waals surface area contributed by atoms with Crippen molar-refractivity contribution in [1.82, 2.24) is 9.88 Å². The number of nitrogens with zero attached hydrogens (tertiary/aromatic N) is 2. The summed E-state index contributed by atoms with van der Waals surface area (Å²) >= 11 is 0. The Kier molecular flexibility index (Phi) is 5.34. The molecule has 2 aromatic rings. The van der Waals surface area contributed by atoms with Crippen molar-refractivity contribution in [1.29, 1.82) is 0 Å². The summed E-state index contributed by atoms with van der Waals surface area (Å²) in [6.45, 7) is 7.58. The molecule has 132 valence electrons. The Morgan fingerprint density at radius 3 is 2.68 bits per heavy atom. The maximum atomic E-state index is 12.8. The molecule has 0 bridgehead atoms. The molecule has 0 N–H and O–H groups in total. The van der Waals surface area contributed by atoms with E-state index >= 15 is 0 Å². The van der Waals surface area contributed by atoms with Crippen molar-refractivity contribution >= 4 is 5.91 Å². The van der Waals surface area contributed by atoms with Crippen LogP contribution in [-0.4, -0.2) is 41.1 Å². The lowest BCUT2D eigenvalue weighted by Crippen LogP contribution is -2.48. The number of ether oxygens (including phenoxy) is 2. The normalized spacial score (nSPS) is 20.4. The molecule has 1 aliphatic rings. The second-order valence-corrected chi connectivity index (χ2v) is 6.59. The summed E-state index contributed by atoms with van der Waals surface area (Å²) < 4.78 is 11.5. The molecule has 1 saturated heterocycles. The van der Waals surface area contributed by atoms with Crippen LogP contribution >= 0.6 is 0 Å². The van der Waals surface area contributed by atoms with Crippen LogP contribution in [0, 0.1) is 6.92 Å². The van der Waals surface area contributed by atoms with Gasteiger partial charge in [0, 0.05) is 24.3 Å². The summed E-state index contributed by atoms with van der Waals surface area (Å²) in [5, 5.41) is 0. The summed E-state index contributed by atoms with van der Waals surface area (Å²) in [6.07, 6.45) is 1.84. The SMILES string of the molecule is Cc1ccc(OCc2cccc(C(=O)N3CC(C)OC(C)C3)c2)cn1. The van der Waals surface area contributed by atoms with Gasteiger partial charge in [0.05, 0.1) is 18.4 Å². The van der Waals surface area contributed by atoms with Crippen LogP contribution in [0.4, 0.5) is 0 Å². The number of carbonyl (C=O) groups is 1. The van der Waals surface area contributed by atoms with Gasteiger partial charge in [0.15, 0.2) is 0 Å². The number of hydrogen-bond acceptors (Lipinski definition) is 4. The number of hydrogen-bond donors (Lipinski definition) is 0. The van der Waals surface area contributed by atoms with Gasteiger partial charge in [0.1, 0.15) is 12.4 Å². The van der Waals surface area contributed by atoms with Gasteiger partial charge in [-0.25, -0.2) is 0 Å². The van der Waals surface area contributed by atoms with E-state index in [2.05, 4.69) is 4.98 Å². The van der Waals surface area contributed by atoms with E-state index in [-0.39, 0.29) is 18.1 Å². The molecule has 1 aromatic carbocycles. The highest BCUT2D eigenvalue weighted by Gasteiger charge is 2.26. The third kappa shape index (κ3) is 4.57. The number of pyridine rings is 1. The summed E-state index contributed by atoms with van der Waals surface area (Å²) in [6, 6.07) is 11.4. The Morgan fingerprint density at radius 2 is 2.00 bits per heavy atom. The van der Waals surface area contributed by atoms with Gasteiger partial charge in [-0.15, -0.1) is 0 Å². The van der Waals surface area contributed by atoms with Crippen LogP contribution in [0.1, 0.15) is 35.5 Å². The number of morpholine rings is 1. The van der Waals surface area contributed by atoms with Gasteiger partial charge < -0.3 is 14.4 Å². The molecule has 0 aliphatic carbocycles. The lowest BCUT2D eigenvalue weighted by Gasteiger charge is -2.35. The molecule has 1 aromatic heterocycles. The lowest BCUT2D eigenvalue weighted by atomic mass is 10.1. The van der Waals surface area contributed by atoms with Crippen LogP contribution in [0.2, 0.25) is 0 Å². The average molecular weight is 340 g/mol. The minimum Gasteiger partial charge on any atom is -0.487 e. The Morgan fingerprint density at radius 1 is 1.24 bits per heavy atom. The van der Waals surface area contributed by atoms with E-state index in [1.54, 1.807) is 6.20 Å². The van der Waals surface area contributed by atoms with Gasteiger partial charge in [-0.2, -0.15) is 0 Å². The first kappa shape index (κ1) is 17.4. The van der Waals surface area contributed by atoms with Crippen LogP contribution in [0.25, 0.3) is 0 Å². The Bertz CT molecular complexity index is 720. The predicted octanol–water partition coefficient (Wildman–Crippen LogP) is 3.22. The second-order valence-electron chi connectivity index (χ2n) is 6.59. The van der Waals surface area contributed by atoms with Gasteiger partial charge >= 0.3 is 0 Å². The van der Waals surface area contributed by atoms with E-state index in [9.17, 15) is 4.79 Å². The molecule has 0 spiro atoms. The quantitative estimate of drug-likeness (QED) is 0.857. The van der Waals surface area contributed by atoms with Crippen molar-refractivity contribution in [3.05, 3.63) is 59.4 Å². The predicted molar refractivity (Wildman–Crippen MR) is 95.7 cm³/mol. The highest BCUT2D eigenvalue weighted by atomic mass is 16.5. The first-order chi connectivity index (χ1) is 12.0. The van der Waals surface area contributed by atoms with Crippen molar-refractivity contribution < 1.29 is 14.3 Å². The van der Waals surface area contributed by atoms with Crippen molar-refractivity contribution in [3.8, 4) is 5.75 Å².